The van der Waals surface area contributed by atoms with E-state index in [4.69, 9.17) is 0 Å². The fourth-order valence-corrected chi connectivity index (χ4v) is 4.93. The van der Waals surface area contributed by atoms with Gasteiger partial charge < -0.3 is 10.2 Å². The first-order chi connectivity index (χ1) is 14.7. The minimum atomic E-state index is -0.0659. The molecule has 154 valence electrons. The van der Waals surface area contributed by atoms with Gasteiger partial charge >= 0.3 is 0 Å². The summed E-state index contributed by atoms with van der Waals surface area (Å²) in [5.74, 6) is -0.0253. The van der Waals surface area contributed by atoms with Crippen LogP contribution in [0.25, 0.3) is 0 Å². The molecule has 2 aromatic carbocycles. The predicted molar refractivity (Wildman–Crippen MR) is 120 cm³/mol. The first-order valence-corrected chi connectivity index (χ1v) is 11.3. The summed E-state index contributed by atoms with van der Waals surface area (Å²) in [5, 5.41) is 5.04. The molecule has 1 aromatic heterocycles. The molecule has 2 heterocycles. The van der Waals surface area contributed by atoms with Crippen LogP contribution >= 0.6 is 11.3 Å². The minimum absolute atomic E-state index is 0.0407. The minimum Gasteiger partial charge on any atom is -0.356 e. The summed E-state index contributed by atoms with van der Waals surface area (Å²) in [7, 11) is 0. The standard InChI is InChI=1S/C25H26N2O2S/c28-23(26-16-13-19-7-3-1-4-8-19)11-12-24(29)27-17-14-22-21(15-18-30-22)25(27)20-9-5-2-6-10-20/h1-10,15,18,25H,11-14,16-17H2,(H,26,28). The molecule has 30 heavy (non-hydrogen) atoms. The Balaban J connectivity index is 1.34. The summed E-state index contributed by atoms with van der Waals surface area (Å²) in [6, 6.07) is 22.3. The zero-order valence-electron chi connectivity index (χ0n) is 16.9. The van der Waals surface area contributed by atoms with Crippen LogP contribution in [0.1, 0.15) is 40.5 Å². The molecule has 0 radical (unpaired) electrons. The molecule has 1 N–H and O–H groups in total. The smallest absolute Gasteiger partial charge is 0.223 e. The zero-order valence-corrected chi connectivity index (χ0v) is 17.7. The van der Waals surface area contributed by atoms with E-state index in [1.807, 2.05) is 41.3 Å². The van der Waals surface area contributed by atoms with E-state index in [1.54, 1.807) is 11.3 Å². The second-order valence-electron chi connectivity index (χ2n) is 7.54. The van der Waals surface area contributed by atoms with E-state index in [2.05, 4.69) is 41.0 Å². The van der Waals surface area contributed by atoms with Crippen molar-refractivity contribution in [2.24, 2.45) is 0 Å². The SMILES string of the molecule is O=C(CCC(=O)N1CCc2sccc2C1c1ccccc1)NCCc1ccccc1. The van der Waals surface area contributed by atoms with Gasteiger partial charge in [-0.3, -0.25) is 9.59 Å². The molecule has 2 amide bonds. The van der Waals surface area contributed by atoms with Crippen LogP contribution < -0.4 is 5.32 Å². The van der Waals surface area contributed by atoms with Gasteiger partial charge in [-0.25, -0.2) is 0 Å². The third-order valence-electron chi connectivity index (χ3n) is 5.55. The van der Waals surface area contributed by atoms with E-state index in [1.165, 1.54) is 16.0 Å². The molecule has 0 spiro atoms. The van der Waals surface area contributed by atoms with Crippen LogP contribution in [-0.4, -0.2) is 29.8 Å². The maximum absolute atomic E-state index is 13.1. The number of hydrogen-bond acceptors (Lipinski definition) is 3. The van der Waals surface area contributed by atoms with Crippen molar-refractivity contribution in [2.75, 3.05) is 13.1 Å². The van der Waals surface area contributed by atoms with Gasteiger partial charge in [0.1, 0.15) is 0 Å². The first-order valence-electron chi connectivity index (χ1n) is 10.4. The van der Waals surface area contributed by atoms with Gasteiger partial charge in [0, 0.05) is 30.8 Å². The van der Waals surface area contributed by atoms with Crippen molar-refractivity contribution in [3.05, 3.63) is 93.7 Å². The summed E-state index contributed by atoms with van der Waals surface area (Å²) in [4.78, 5) is 28.6. The van der Waals surface area contributed by atoms with E-state index in [9.17, 15) is 9.59 Å². The average Bonchev–Trinajstić information content (AvgIpc) is 3.27. The highest BCUT2D eigenvalue weighted by Crippen LogP contribution is 2.38. The molecule has 0 fully saturated rings. The number of nitrogens with zero attached hydrogens (tertiary/aromatic N) is 1. The molecular weight excluding hydrogens is 392 g/mol. The highest BCUT2D eigenvalue weighted by molar-refractivity contribution is 7.10. The van der Waals surface area contributed by atoms with E-state index < -0.39 is 0 Å². The number of benzene rings is 2. The number of thiophene rings is 1. The van der Waals surface area contributed by atoms with E-state index >= 15 is 0 Å². The number of carbonyl (C=O) groups is 2. The Morgan fingerprint density at radius 2 is 1.70 bits per heavy atom. The van der Waals surface area contributed by atoms with Crippen molar-refractivity contribution in [1.29, 1.82) is 0 Å². The summed E-state index contributed by atoms with van der Waals surface area (Å²) >= 11 is 1.76. The van der Waals surface area contributed by atoms with Gasteiger partial charge in [-0.1, -0.05) is 60.7 Å². The maximum Gasteiger partial charge on any atom is 0.223 e. The van der Waals surface area contributed by atoms with Gasteiger partial charge in [0.05, 0.1) is 6.04 Å². The normalized spacial score (nSPS) is 15.5. The Hall–Kier alpha value is -2.92. The number of fused-ring (bicyclic) bond motifs is 1. The molecular formula is C25H26N2O2S. The third kappa shape index (κ3) is 4.79. The lowest BCUT2D eigenvalue weighted by atomic mass is 9.93. The first kappa shape index (κ1) is 20.4. The Bertz CT molecular complexity index is 985. The van der Waals surface area contributed by atoms with Crippen LogP contribution in [0.2, 0.25) is 0 Å². The number of carbonyl (C=O) groups excluding carboxylic acids is 2. The van der Waals surface area contributed by atoms with Crippen molar-refractivity contribution in [2.45, 2.75) is 31.7 Å². The molecule has 5 heteroatoms. The molecule has 1 aliphatic rings. The second kappa shape index (κ2) is 9.72. The van der Waals surface area contributed by atoms with Crippen LogP contribution in [0.5, 0.6) is 0 Å². The van der Waals surface area contributed by atoms with Crippen molar-refractivity contribution >= 4 is 23.2 Å². The van der Waals surface area contributed by atoms with Gasteiger partial charge in [-0.15, -0.1) is 11.3 Å². The van der Waals surface area contributed by atoms with Gasteiger partial charge in [0.2, 0.25) is 11.8 Å². The fraction of sp³-hybridized carbons (Fsp3) is 0.280. The molecule has 3 aromatic rings. The third-order valence-corrected chi connectivity index (χ3v) is 6.54. The molecule has 0 saturated carbocycles. The highest BCUT2D eigenvalue weighted by atomic mass is 32.1. The van der Waals surface area contributed by atoms with Gasteiger partial charge in [-0.2, -0.15) is 0 Å². The molecule has 0 saturated heterocycles. The molecule has 1 aliphatic heterocycles. The number of hydrogen-bond donors (Lipinski definition) is 1. The summed E-state index contributed by atoms with van der Waals surface area (Å²) < 4.78 is 0. The average molecular weight is 419 g/mol. The van der Waals surface area contributed by atoms with Crippen LogP contribution in [0.4, 0.5) is 0 Å². The highest BCUT2D eigenvalue weighted by Gasteiger charge is 2.32. The summed E-state index contributed by atoms with van der Waals surface area (Å²) in [5.41, 5.74) is 3.54. The topological polar surface area (TPSA) is 49.4 Å². The molecule has 1 atom stereocenters. The molecule has 4 nitrogen and oxygen atoms in total. The second-order valence-corrected chi connectivity index (χ2v) is 8.54. The Morgan fingerprint density at radius 3 is 2.47 bits per heavy atom. The van der Waals surface area contributed by atoms with Crippen molar-refractivity contribution < 1.29 is 9.59 Å². The van der Waals surface area contributed by atoms with Crippen LogP contribution in [0.3, 0.4) is 0 Å². The lowest BCUT2D eigenvalue weighted by molar-refractivity contribution is -0.135. The Morgan fingerprint density at radius 1 is 0.967 bits per heavy atom. The van der Waals surface area contributed by atoms with Crippen molar-refractivity contribution in [1.82, 2.24) is 10.2 Å². The predicted octanol–water partition coefficient (Wildman–Crippen LogP) is 4.36. The van der Waals surface area contributed by atoms with E-state index in [-0.39, 0.29) is 30.7 Å². The van der Waals surface area contributed by atoms with Gasteiger partial charge in [-0.05, 0) is 41.0 Å². The number of nitrogens with one attached hydrogen (secondary N) is 1. The van der Waals surface area contributed by atoms with Crippen LogP contribution in [0.15, 0.2) is 72.1 Å². The number of amides is 2. The van der Waals surface area contributed by atoms with Crippen molar-refractivity contribution in [3.63, 3.8) is 0 Å². The van der Waals surface area contributed by atoms with E-state index in [0.29, 0.717) is 13.1 Å². The van der Waals surface area contributed by atoms with Crippen molar-refractivity contribution in [3.8, 4) is 0 Å². The monoisotopic (exact) mass is 418 g/mol. The lowest BCUT2D eigenvalue weighted by Gasteiger charge is -2.36. The largest absolute Gasteiger partial charge is 0.356 e. The molecule has 4 rings (SSSR count). The summed E-state index contributed by atoms with van der Waals surface area (Å²) in [6.07, 6.45) is 2.14. The van der Waals surface area contributed by atoms with Gasteiger partial charge in [0.15, 0.2) is 0 Å². The Kier molecular flexibility index (Phi) is 6.60. The van der Waals surface area contributed by atoms with Crippen LogP contribution in [0, 0.1) is 0 Å². The molecule has 0 bridgehead atoms. The fourth-order valence-electron chi connectivity index (χ4n) is 4.02. The quantitative estimate of drug-likeness (QED) is 0.620. The van der Waals surface area contributed by atoms with E-state index in [0.717, 1.165) is 18.4 Å². The van der Waals surface area contributed by atoms with Gasteiger partial charge in [0.25, 0.3) is 0 Å². The Labute approximate surface area is 181 Å². The van der Waals surface area contributed by atoms with Crippen LogP contribution in [-0.2, 0) is 22.4 Å². The maximum atomic E-state index is 13.1. The molecule has 0 aliphatic carbocycles. The number of rotatable bonds is 7. The molecule has 1 unspecified atom stereocenters. The lowest BCUT2D eigenvalue weighted by Crippen LogP contribution is -2.40. The summed E-state index contributed by atoms with van der Waals surface area (Å²) in [6.45, 7) is 1.28. The zero-order chi connectivity index (χ0) is 20.8.